The highest BCUT2D eigenvalue weighted by atomic mass is 35.5. The van der Waals surface area contributed by atoms with Gasteiger partial charge in [-0.3, -0.25) is 5.43 Å². The second-order valence-corrected chi connectivity index (χ2v) is 4.59. The maximum absolute atomic E-state index is 5.99. The number of rotatable bonds is 3. The zero-order valence-corrected chi connectivity index (χ0v) is 12.0. The molecule has 0 aliphatic carbocycles. The summed E-state index contributed by atoms with van der Waals surface area (Å²) < 4.78 is 0. The van der Waals surface area contributed by atoms with Crippen LogP contribution in [0.5, 0.6) is 0 Å². The lowest BCUT2D eigenvalue weighted by Gasteiger charge is -2.05. The molecule has 17 heavy (non-hydrogen) atoms. The van der Waals surface area contributed by atoms with E-state index in [-0.39, 0.29) is 0 Å². The average molecular weight is 311 g/mol. The largest absolute Gasteiger partial charge is 0.362 e. The standard InChI is InChI=1S/C10H10Cl3N3S/c1-2-14-10(17)16-15-5-6-7(11)3-4-8(12)9(6)13/h3-5H,2H2,1H3,(H2,14,16,17)/b15-5-. The number of hydrogen-bond acceptors (Lipinski definition) is 2. The molecule has 0 heterocycles. The van der Waals surface area contributed by atoms with Crippen LogP contribution in [0.4, 0.5) is 0 Å². The molecule has 0 spiro atoms. The predicted molar refractivity (Wildman–Crippen MR) is 78.5 cm³/mol. The quantitative estimate of drug-likeness (QED) is 0.388. The van der Waals surface area contributed by atoms with Crippen molar-refractivity contribution < 1.29 is 0 Å². The van der Waals surface area contributed by atoms with Gasteiger partial charge in [-0.25, -0.2) is 0 Å². The van der Waals surface area contributed by atoms with E-state index in [9.17, 15) is 0 Å². The molecule has 1 aromatic rings. The third-order valence-electron chi connectivity index (χ3n) is 1.78. The van der Waals surface area contributed by atoms with E-state index in [4.69, 9.17) is 47.0 Å². The fourth-order valence-corrected chi connectivity index (χ4v) is 1.85. The Bertz CT molecular complexity index is 449. The lowest BCUT2D eigenvalue weighted by atomic mass is 10.2. The summed E-state index contributed by atoms with van der Waals surface area (Å²) in [6.45, 7) is 2.66. The molecule has 0 saturated heterocycles. The molecular weight excluding hydrogens is 301 g/mol. The minimum atomic E-state index is 0.360. The first-order chi connectivity index (χ1) is 8.06. The van der Waals surface area contributed by atoms with Crippen LogP contribution in [0.3, 0.4) is 0 Å². The Morgan fingerprint density at radius 1 is 1.35 bits per heavy atom. The van der Waals surface area contributed by atoms with Crippen LogP contribution in [0.1, 0.15) is 12.5 Å². The molecular formula is C10H10Cl3N3S. The highest BCUT2D eigenvalue weighted by Crippen LogP contribution is 2.29. The van der Waals surface area contributed by atoms with Gasteiger partial charge in [-0.2, -0.15) is 5.10 Å². The summed E-state index contributed by atoms with van der Waals surface area (Å²) in [5, 5.41) is 8.49. The smallest absolute Gasteiger partial charge is 0.186 e. The highest BCUT2D eigenvalue weighted by Gasteiger charge is 2.07. The maximum Gasteiger partial charge on any atom is 0.186 e. The summed E-state index contributed by atoms with van der Waals surface area (Å²) in [5.41, 5.74) is 3.18. The van der Waals surface area contributed by atoms with Crippen molar-refractivity contribution >= 4 is 58.3 Å². The van der Waals surface area contributed by atoms with Crippen molar-refractivity contribution in [3.8, 4) is 0 Å². The van der Waals surface area contributed by atoms with Crippen molar-refractivity contribution in [2.24, 2.45) is 5.10 Å². The molecule has 1 rings (SSSR count). The van der Waals surface area contributed by atoms with Crippen LogP contribution in [-0.2, 0) is 0 Å². The summed E-state index contributed by atoms with van der Waals surface area (Å²) in [6, 6.07) is 3.28. The summed E-state index contributed by atoms with van der Waals surface area (Å²) in [7, 11) is 0. The molecule has 0 aliphatic heterocycles. The Hall–Kier alpha value is -0.550. The van der Waals surface area contributed by atoms with E-state index in [1.165, 1.54) is 6.21 Å². The second-order valence-electron chi connectivity index (χ2n) is 2.99. The van der Waals surface area contributed by atoms with Gasteiger partial charge in [-0.1, -0.05) is 34.8 Å². The van der Waals surface area contributed by atoms with E-state index >= 15 is 0 Å². The number of hydrazone groups is 1. The van der Waals surface area contributed by atoms with Crippen LogP contribution in [0, 0.1) is 0 Å². The Balaban J connectivity index is 2.78. The summed E-state index contributed by atoms with van der Waals surface area (Å²) in [6.07, 6.45) is 1.47. The zero-order chi connectivity index (χ0) is 12.8. The van der Waals surface area contributed by atoms with Gasteiger partial charge >= 0.3 is 0 Å². The molecule has 0 aliphatic rings. The molecule has 0 fully saturated rings. The zero-order valence-electron chi connectivity index (χ0n) is 8.93. The Morgan fingerprint density at radius 3 is 2.65 bits per heavy atom. The summed E-state index contributed by atoms with van der Waals surface area (Å²) in [5.74, 6) is 0. The number of benzene rings is 1. The molecule has 0 aromatic heterocycles. The van der Waals surface area contributed by atoms with Gasteiger partial charge in [-0.15, -0.1) is 0 Å². The Labute approximate surface area is 120 Å². The van der Waals surface area contributed by atoms with Gasteiger partial charge in [0.05, 0.1) is 21.3 Å². The van der Waals surface area contributed by atoms with Crippen molar-refractivity contribution in [2.75, 3.05) is 6.54 Å². The fourth-order valence-electron chi connectivity index (χ4n) is 1.02. The fraction of sp³-hybridized carbons (Fsp3) is 0.200. The molecule has 92 valence electrons. The minimum absolute atomic E-state index is 0.360. The molecule has 0 unspecified atom stereocenters. The van der Waals surface area contributed by atoms with E-state index in [1.54, 1.807) is 12.1 Å². The Kier molecular flexibility index (Phi) is 5.98. The molecule has 7 heteroatoms. The average Bonchev–Trinajstić information content (AvgIpc) is 2.29. The second kappa shape index (κ2) is 7.01. The topological polar surface area (TPSA) is 36.4 Å². The van der Waals surface area contributed by atoms with E-state index in [2.05, 4.69) is 15.8 Å². The highest BCUT2D eigenvalue weighted by molar-refractivity contribution is 7.80. The van der Waals surface area contributed by atoms with E-state index in [0.717, 1.165) is 6.54 Å². The van der Waals surface area contributed by atoms with Gasteiger partial charge in [0.25, 0.3) is 0 Å². The summed E-state index contributed by atoms with van der Waals surface area (Å²) >= 11 is 22.8. The number of hydrogen-bond donors (Lipinski definition) is 2. The monoisotopic (exact) mass is 309 g/mol. The molecule has 1 aromatic carbocycles. The van der Waals surface area contributed by atoms with Crippen LogP contribution in [0.25, 0.3) is 0 Å². The van der Waals surface area contributed by atoms with Gasteiger partial charge in [0.1, 0.15) is 0 Å². The van der Waals surface area contributed by atoms with Crippen LogP contribution in [0.15, 0.2) is 17.2 Å². The van der Waals surface area contributed by atoms with Crippen LogP contribution in [0.2, 0.25) is 15.1 Å². The maximum atomic E-state index is 5.99. The SMILES string of the molecule is CCNC(=S)N/N=C\c1c(Cl)ccc(Cl)c1Cl. The molecule has 3 nitrogen and oxygen atoms in total. The molecule has 0 bridgehead atoms. The van der Waals surface area contributed by atoms with E-state index < -0.39 is 0 Å². The minimum Gasteiger partial charge on any atom is -0.362 e. The lowest BCUT2D eigenvalue weighted by Crippen LogP contribution is -2.31. The van der Waals surface area contributed by atoms with Gasteiger partial charge in [0.15, 0.2) is 5.11 Å². The van der Waals surface area contributed by atoms with Gasteiger partial charge in [0.2, 0.25) is 0 Å². The number of nitrogens with zero attached hydrogens (tertiary/aromatic N) is 1. The van der Waals surface area contributed by atoms with Crippen LogP contribution in [-0.4, -0.2) is 17.9 Å². The van der Waals surface area contributed by atoms with Crippen molar-refractivity contribution in [3.05, 3.63) is 32.8 Å². The van der Waals surface area contributed by atoms with Crippen molar-refractivity contribution in [1.29, 1.82) is 0 Å². The van der Waals surface area contributed by atoms with Crippen molar-refractivity contribution in [3.63, 3.8) is 0 Å². The van der Waals surface area contributed by atoms with E-state index in [0.29, 0.717) is 25.7 Å². The first kappa shape index (κ1) is 14.5. The normalized spacial score (nSPS) is 10.6. The molecule has 0 radical (unpaired) electrons. The third-order valence-corrected chi connectivity index (χ3v) is 3.16. The number of thiocarbonyl (C=S) groups is 1. The summed E-state index contributed by atoms with van der Waals surface area (Å²) in [4.78, 5) is 0. The van der Waals surface area contributed by atoms with Gasteiger partial charge in [0, 0.05) is 12.1 Å². The van der Waals surface area contributed by atoms with E-state index in [1.807, 2.05) is 6.92 Å². The number of nitrogens with one attached hydrogen (secondary N) is 2. The van der Waals surface area contributed by atoms with Crippen LogP contribution < -0.4 is 10.7 Å². The molecule has 2 N–H and O–H groups in total. The first-order valence-electron chi connectivity index (χ1n) is 4.76. The van der Waals surface area contributed by atoms with Crippen molar-refractivity contribution in [2.45, 2.75) is 6.92 Å². The molecule has 0 saturated carbocycles. The van der Waals surface area contributed by atoms with Crippen molar-refractivity contribution in [1.82, 2.24) is 10.7 Å². The lowest BCUT2D eigenvalue weighted by molar-refractivity contribution is 0.904. The number of halogens is 3. The van der Waals surface area contributed by atoms with Crippen LogP contribution >= 0.6 is 47.0 Å². The third kappa shape index (κ3) is 4.32. The Morgan fingerprint density at radius 2 is 2.00 bits per heavy atom. The van der Waals surface area contributed by atoms with Gasteiger partial charge < -0.3 is 5.32 Å². The molecule has 0 amide bonds. The van der Waals surface area contributed by atoms with Gasteiger partial charge in [-0.05, 0) is 31.3 Å². The first-order valence-corrected chi connectivity index (χ1v) is 6.31. The molecule has 0 atom stereocenters. The predicted octanol–water partition coefficient (Wildman–Crippen LogP) is 3.46.